The predicted molar refractivity (Wildman–Crippen MR) is 132 cm³/mol. The fourth-order valence-electron chi connectivity index (χ4n) is 2.97. The summed E-state index contributed by atoms with van der Waals surface area (Å²) in [6.07, 6.45) is 3.03. The van der Waals surface area contributed by atoms with Crippen LogP contribution in [0.3, 0.4) is 0 Å². The first-order chi connectivity index (χ1) is 15.3. The van der Waals surface area contributed by atoms with E-state index in [-0.39, 0.29) is 17.2 Å². The molecule has 0 bridgehead atoms. The molecule has 1 aliphatic heterocycles. The zero-order valence-corrected chi connectivity index (χ0v) is 20.4. The van der Waals surface area contributed by atoms with Gasteiger partial charge in [-0.3, -0.25) is 19.8 Å². The summed E-state index contributed by atoms with van der Waals surface area (Å²) in [6.45, 7) is 6.39. The van der Waals surface area contributed by atoms with Gasteiger partial charge in [-0.25, -0.2) is 0 Å². The standard InChI is InChI=1S/C23H20BrClN2O4S/c1-3-9-27-22(29)17(21(28)26-23(27)32)10-15-11-18(24)20(19(12-15)30-4-2)31-13-14-5-7-16(25)8-6-14/h3,5-8,10-12H,1,4,9,13H2,2H3,(H,26,28,32)/b17-10+. The average molecular weight is 536 g/mol. The number of rotatable bonds is 8. The van der Waals surface area contributed by atoms with Crippen LogP contribution in [0.5, 0.6) is 11.5 Å². The summed E-state index contributed by atoms with van der Waals surface area (Å²) in [5.41, 5.74) is 1.49. The van der Waals surface area contributed by atoms with Gasteiger partial charge in [-0.2, -0.15) is 0 Å². The Kier molecular flexibility index (Phi) is 8.06. The number of carbonyl (C=O) groups excluding carboxylic acids is 2. The van der Waals surface area contributed by atoms with Crippen molar-refractivity contribution >= 4 is 62.8 Å². The number of amides is 2. The van der Waals surface area contributed by atoms with E-state index in [1.54, 1.807) is 24.3 Å². The van der Waals surface area contributed by atoms with Crippen LogP contribution in [0.4, 0.5) is 0 Å². The highest BCUT2D eigenvalue weighted by Crippen LogP contribution is 2.38. The smallest absolute Gasteiger partial charge is 0.265 e. The molecule has 0 radical (unpaired) electrons. The Bertz CT molecular complexity index is 1100. The number of halogens is 2. The van der Waals surface area contributed by atoms with Crippen LogP contribution in [0.2, 0.25) is 5.02 Å². The molecule has 1 saturated heterocycles. The van der Waals surface area contributed by atoms with E-state index in [0.717, 1.165) is 5.56 Å². The summed E-state index contributed by atoms with van der Waals surface area (Å²) in [7, 11) is 0. The monoisotopic (exact) mass is 534 g/mol. The first-order valence-electron chi connectivity index (χ1n) is 9.67. The molecule has 0 aliphatic carbocycles. The molecule has 166 valence electrons. The lowest BCUT2D eigenvalue weighted by molar-refractivity contribution is -0.128. The van der Waals surface area contributed by atoms with Crippen molar-refractivity contribution in [3.05, 3.63) is 75.2 Å². The molecule has 2 amide bonds. The molecule has 0 atom stereocenters. The third-order valence-electron chi connectivity index (χ3n) is 4.44. The van der Waals surface area contributed by atoms with Crippen molar-refractivity contribution in [1.29, 1.82) is 0 Å². The highest BCUT2D eigenvalue weighted by molar-refractivity contribution is 9.10. The summed E-state index contributed by atoms with van der Waals surface area (Å²) in [5.74, 6) is -0.0593. The molecule has 1 heterocycles. The van der Waals surface area contributed by atoms with E-state index < -0.39 is 11.8 Å². The van der Waals surface area contributed by atoms with E-state index in [1.165, 1.54) is 17.1 Å². The maximum Gasteiger partial charge on any atom is 0.265 e. The minimum atomic E-state index is -0.558. The van der Waals surface area contributed by atoms with E-state index in [0.29, 0.717) is 39.8 Å². The molecular formula is C23H20BrClN2O4S. The van der Waals surface area contributed by atoms with Crippen molar-refractivity contribution in [2.24, 2.45) is 0 Å². The van der Waals surface area contributed by atoms with Gasteiger partial charge in [-0.05, 0) is 76.5 Å². The first kappa shape index (κ1) is 24.0. The van der Waals surface area contributed by atoms with Gasteiger partial charge in [0.05, 0.1) is 11.1 Å². The van der Waals surface area contributed by atoms with Crippen molar-refractivity contribution in [1.82, 2.24) is 10.2 Å². The van der Waals surface area contributed by atoms with Gasteiger partial charge in [0.25, 0.3) is 11.8 Å². The Balaban J connectivity index is 1.91. The number of thiocarbonyl (C=S) groups is 1. The maximum atomic E-state index is 12.8. The number of nitrogens with one attached hydrogen (secondary N) is 1. The molecule has 6 nitrogen and oxygen atoms in total. The fraction of sp³-hybridized carbons (Fsp3) is 0.174. The third-order valence-corrected chi connectivity index (χ3v) is 5.60. The SMILES string of the molecule is C=CCN1C(=O)/C(=C/c2cc(Br)c(OCc3ccc(Cl)cc3)c(OCC)c2)C(=O)NC1=S. The molecule has 1 N–H and O–H groups in total. The molecule has 3 rings (SSSR count). The molecular weight excluding hydrogens is 516 g/mol. The molecule has 0 saturated carbocycles. The molecule has 1 aliphatic rings. The van der Waals surface area contributed by atoms with Crippen molar-refractivity contribution < 1.29 is 19.1 Å². The van der Waals surface area contributed by atoms with Crippen LogP contribution < -0.4 is 14.8 Å². The number of nitrogens with zero attached hydrogens (tertiary/aromatic N) is 1. The predicted octanol–water partition coefficient (Wildman–Crippen LogP) is 4.89. The second-order valence-electron chi connectivity index (χ2n) is 6.70. The van der Waals surface area contributed by atoms with Gasteiger partial charge in [0.15, 0.2) is 16.6 Å². The van der Waals surface area contributed by atoms with Crippen molar-refractivity contribution in [3.8, 4) is 11.5 Å². The second kappa shape index (κ2) is 10.8. The van der Waals surface area contributed by atoms with Gasteiger partial charge in [-0.15, -0.1) is 6.58 Å². The largest absolute Gasteiger partial charge is 0.490 e. The van der Waals surface area contributed by atoms with Gasteiger partial charge in [0, 0.05) is 11.6 Å². The van der Waals surface area contributed by atoms with Gasteiger partial charge in [0.2, 0.25) is 0 Å². The number of hydrogen-bond donors (Lipinski definition) is 1. The van der Waals surface area contributed by atoms with Crippen LogP contribution in [0.15, 0.2) is 59.1 Å². The van der Waals surface area contributed by atoms with Crippen LogP contribution >= 0.6 is 39.7 Å². The molecule has 1 fully saturated rings. The van der Waals surface area contributed by atoms with Crippen LogP contribution in [-0.4, -0.2) is 35.0 Å². The zero-order chi connectivity index (χ0) is 23.3. The highest BCUT2D eigenvalue weighted by Gasteiger charge is 2.32. The van der Waals surface area contributed by atoms with Crippen molar-refractivity contribution in [2.75, 3.05) is 13.2 Å². The minimum Gasteiger partial charge on any atom is -0.490 e. The van der Waals surface area contributed by atoms with Crippen LogP contribution in [0.1, 0.15) is 18.1 Å². The Morgan fingerprint density at radius 3 is 2.59 bits per heavy atom. The molecule has 0 unspecified atom stereocenters. The number of carbonyl (C=O) groups is 2. The maximum absolute atomic E-state index is 12.8. The minimum absolute atomic E-state index is 0.0374. The van der Waals surface area contributed by atoms with Crippen LogP contribution in [0, 0.1) is 0 Å². The Labute approximate surface area is 205 Å². The topological polar surface area (TPSA) is 67.9 Å². The lowest BCUT2D eigenvalue weighted by atomic mass is 10.1. The van der Waals surface area contributed by atoms with Gasteiger partial charge < -0.3 is 9.47 Å². The van der Waals surface area contributed by atoms with E-state index >= 15 is 0 Å². The molecule has 2 aromatic carbocycles. The molecule has 0 aromatic heterocycles. The first-order valence-corrected chi connectivity index (χ1v) is 11.2. The summed E-state index contributed by atoms with van der Waals surface area (Å²) in [6, 6.07) is 10.8. The fourth-order valence-corrected chi connectivity index (χ4v) is 3.92. The Hall–Kier alpha value is -2.68. The van der Waals surface area contributed by atoms with Gasteiger partial charge in [0.1, 0.15) is 12.2 Å². The number of ether oxygens (including phenoxy) is 2. The Morgan fingerprint density at radius 1 is 1.22 bits per heavy atom. The summed E-state index contributed by atoms with van der Waals surface area (Å²) >= 11 is 14.5. The number of benzene rings is 2. The van der Waals surface area contributed by atoms with Crippen LogP contribution in [0.25, 0.3) is 6.08 Å². The highest BCUT2D eigenvalue weighted by atomic mass is 79.9. The average Bonchev–Trinajstić information content (AvgIpc) is 2.75. The molecule has 0 spiro atoms. The Morgan fingerprint density at radius 2 is 1.94 bits per heavy atom. The van der Waals surface area contributed by atoms with E-state index in [9.17, 15) is 9.59 Å². The molecule has 32 heavy (non-hydrogen) atoms. The molecule has 9 heteroatoms. The quantitative estimate of drug-likeness (QED) is 0.226. The zero-order valence-electron chi connectivity index (χ0n) is 17.2. The number of hydrogen-bond acceptors (Lipinski definition) is 5. The summed E-state index contributed by atoms with van der Waals surface area (Å²) in [4.78, 5) is 26.4. The molecule has 2 aromatic rings. The van der Waals surface area contributed by atoms with Gasteiger partial charge >= 0.3 is 0 Å². The lowest BCUT2D eigenvalue weighted by Crippen LogP contribution is -2.53. The summed E-state index contributed by atoms with van der Waals surface area (Å²) < 4.78 is 12.3. The third kappa shape index (κ3) is 5.56. The van der Waals surface area contributed by atoms with E-state index in [4.69, 9.17) is 33.3 Å². The summed E-state index contributed by atoms with van der Waals surface area (Å²) in [5, 5.41) is 3.23. The van der Waals surface area contributed by atoms with Gasteiger partial charge in [-0.1, -0.05) is 29.8 Å². The normalized spacial score (nSPS) is 15.0. The van der Waals surface area contributed by atoms with E-state index in [1.807, 2.05) is 19.1 Å². The van der Waals surface area contributed by atoms with Crippen molar-refractivity contribution in [3.63, 3.8) is 0 Å². The lowest BCUT2D eigenvalue weighted by Gasteiger charge is -2.27. The van der Waals surface area contributed by atoms with E-state index in [2.05, 4.69) is 27.8 Å². The second-order valence-corrected chi connectivity index (χ2v) is 8.38. The van der Waals surface area contributed by atoms with Crippen molar-refractivity contribution in [2.45, 2.75) is 13.5 Å². The van der Waals surface area contributed by atoms with Crippen LogP contribution in [-0.2, 0) is 16.2 Å².